The van der Waals surface area contributed by atoms with Crippen LogP contribution in [0.3, 0.4) is 0 Å². The molecule has 0 saturated heterocycles. The Morgan fingerprint density at radius 1 is 1.89 bits per heavy atom. The van der Waals surface area contributed by atoms with Gasteiger partial charge in [0.05, 0.1) is 0 Å². The van der Waals surface area contributed by atoms with Crippen LogP contribution in [0.15, 0.2) is 12.4 Å². The van der Waals surface area contributed by atoms with Crippen LogP contribution in [0.2, 0.25) is 0 Å². The minimum Gasteiger partial charge on any atom is -0.341 e. The summed E-state index contributed by atoms with van der Waals surface area (Å²) in [5.41, 5.74) is 0. The Kier molecular flexibility index (Phi) is 1.32. The third kappa shape index (κ3) is 0.970. The van der Waals surface area contributed by atoms with Crippen molar-refractivity contribution in [2.24, 2.45) is 0 Å². The highest BCUT2D eigenvalue weighted by Gasteiger charge is 2.00. The lowest BCUT2D eigenvalue weighted by Crippen LogP contribution is -1.95. The minimum absolute atomic E-state index is 0.220. The zero-order valence-electron chi connectivity index (χ0n) is 4.59. The smallest absolute Gasteiger partial charge is 0.270 e. The summed E-state index contributed by atoms with van der Waals surface area (Å²) < 4.78 is 0. The van der Waals surface area contributed by atoms with E-state index in [0.717, 1.165) is 0 Å². The molecule has 1 aromatic heterocycles. The van der Waals surface area contributed by atoms with E-state index in [1.165, 1.54) is 6.20 Å². The number of hydrogen-bond acceptors (Lipinski definition) is 2. The molecule has 0 aliphatic carbocycles. The van der Waals surface area contributed by atoms with Gasteiger partial charge in [0, 0.05) is 12.4 Å². The number of imidazole rings is 1. The number of aromatic amines is 1. The Morgan fingerprint density at radius 2 is 2.67 bits per heavy atom. The molecule has 0 amide bonds. The zero-order chi connectivity index (χ0) is 6.69. The van der Waals surface area contributed by atoms with Gasteiger partial charge in [-0.3, -0.25) is 4.79 Å². The normalized spacial score (nSPS) is 8.33. The molecule has 0 bridgehead atoms. The predicted octanol–water partition coefficient (Wildman–Crippen LogP) is 0.226. The van der Waals surface area contributed by atoms with Gasteiger partial charge in [-0.25, -0.2) is 4.98 Å². The number of nitrogens with one attached hydrogen (secondary N) is 1. The molecule has 0 atom stereocenters. The van der Waals surface area contributed by atoms with E-state index in [1.807, 2.05) is 5.92 Å². The molecule has 0 fully saturated rings. The van der Waals surface area contributed by atoms with Crippen molar-refractivity contribution in [1.82, 2.24) is 9.97 Å². The van der Waals surface area contributed by atoms with Crippen molar-refractivity contribution in [3.63, 3.8) is 0 Å². The van der Waals surface area contributed by atoms with E-state index in [0.29, 0.717) is 0 Å². The predicted molar refractivity (Wildman–Crippen MR) is 31.8 cm³/mol. The number of hydrogen-bond donors (Lipinski definition) is 1. The van der Waals surface area contributed by atoms with Gasteiger partial charge in [-0.05, 0) is 5.92 Å². The van der Waals surface area contributed by atoms with E-state index in [-0.39, 0.29) is 5.82 Å². The third-order valence-electron chi connectivity index (χ3n) is 0.844. The number of carbonyl (C=O) groups excluding carboxylic acids is 1. The first-order chi connectivity index (χ1) is 4.34. The van der Waals surface area contributed by atoms with Crippen LogP contribution in [0.25, 0.3) is 0 Å². The van der Waals surface area contributed by atoms with Gasteiger partial charge in [0.25, 0.3) is 5.78 Å². The number of Topliss-reactive ketones (excluding diaryl/α,β-unsaturated/α-hetero) is 1. The Balaban J connectivity index is 2.93. The molecule has 0 unspecified atom stereocenters. The Labute approximate surface area is 52.1 Å². The van der Waals surface area contributed by atoms with Crippen molar-refractivity contribution in [3.8, 4) is 12.3 Å². The molecule has 44 valence electrons. The van der Waals surface area contributed by atoms with Gasteiger partial charge in [0.2, 0.25) is 0 Å². The summed E-state index contributed by atoms with van der Waals surface area (Å²) in [7, 11) is 0. The maximum absolute atomic E-state index is 10.5. The van der Waals surface area contributed by atoms with E-state index in [9.17, 15) is 4.79 Å². The first-order valence-electron chi connectivity index (χ1n) is 2.35. The molecule has 1 N–H and O–H groups in total. The van der Waals surface area contributed by atoms with Crippen LogP contribution in [0.4, 0.5) is 0 Å². The number of H-pyrrole nitrogens is 1. The van der Waals surface area contributed by atoms with Crippen LogP contribution in [-0.2, 0) is 0 Å². The fourth-order valence-electron chi connectivity index (χ4n) is 0.458. The molecule has 0 saturated carbocycles. The van der Waals surface area contributed by atoms with Crippen LogP contribution < -0.4 is 0 Å². The standard InChI is InChI=1S/C6H4N2O/c1-2-5(9)6-7-3-4-8-6/h1,3-4H,(H,7,8). The van der Waals surface area contributed by atoms with Gasteiger partial charge >= 0.3 is 0 Å². The van der Waals surface area contributed by atoms with Crippen molar-refractivity contribution in [2.75, 3.05) is 0 Å². The van der Waals surface area contributed by atoms with Crippen LogP contribution in [0.1, 0.15) is 10.6 Å². The van der Waals surface area contributed by atoms with E-state index in [4.69, 9.17) is 6.42 Å². The topological polar surface area (TPSA) is 45.8 Å². The van der Waals surface area contributed by atoms with Crippen LogP contribution in [0, 0.1) is 12.3 Å². The first-order valence-corrected chi connectivity index (χ1v) is 2.35. The average Bonchev–Trinajstić information content (AvgIpc) is 2.37. The summed E-state index contributed by atoms with van der Waals surface area (Å²) in [5.74, 6) is 1.74. The van der Waals surface area contributed by atoms with Crippen molar-refractivity contribution >= 4 is 5.78 Å². The van der Waals surface area contributed by atoms with E-state index < -0.39 is 5.78 Å². The van der Waals surface area contributed by atoms with Crippen molar-refractivity contribution in [3.05, 3.63) is 18.2 Å². The largest absolute Gasteiger partial charge is 0.341 e. The SMILES string of the molecule is C#CC(=O)c1ncc[nH]1. The summed E-state index contributed by atoms with van der Waals surface area (Å²) in [6.45, 7) is 0. The maximum Gasteiger partial charge on any atom is 0.270 e. The number of carbonyl (C=O) groups is 1. The van der Waals surface area contributed by atoms with Gasteiger partial charge in [-0.1, -0.05) is 0 Å². The fourth-order valence-corrected chi connectivity index (χ4v) is 0.458. The van der Waals surface area contributed by atoms with Crippen LogP contribution in [0.5, 0.6) is 0 Å². The molecule has 3 nitrogen and oxygen atoms in total. The minimum atomic E-state index is -0.417. The highest BCUT2D eigenvalue weighted by molar-refractivity contribution is 6.05. The number of aromatic nitrogens is 2. The fraction of sp³-hybridized carbons (Fsp3) is 0. The lowest BCUT2D eigenvalue weighted by molar-refractivity contribution is 0.104. The number of ketones is 1. The second-order valence-electron chi connectivity index (χ2n) is 1.41. The number of rotatable bonds is 1. The molecule has 0 aliphatic rings. The molecule has 0 aliphatic heterocycles. The molecule has 1 rings (SSSR count). The second kappa shape index (κ2) is 2.14. The highest BCUT2D eigenvalue weighted by atomic mass is 16.1. The monoisotopic (exact) mass is 120 g/mol. The molecule has 0 spiro atoms. The van der Waals surface area contributed by atoms with Crippen LogP contribution in [-0.4, -0.2) is 15.8 Å². The van der Waals surface area contributed by atoms with E-state index >= 15 is 0 Å². The van der Waals surface area contributed by atoms with Gasteiger partial charge < -0.3 is 4.98 Å². The zero-order valence-corrected chi connectivity index (χ0v) is 4.59. The first kappa shape index (κ1) is 5.57. The molecule has 0 radical (unpaired) electrons. The molecular formula is C6H4N2O. The molecule has 3 heteroatoms. The third-order valence-corrected chi connectivity index (χ3v) is 0.844. The average molecular weight is 120 g/mol. The quantitative estimate of drug-likeness (QED) is 0.327. The summed E-state index contributed by atoms with van der Waals surface area (Å²) in [6.07, 6.45) is 7.83. The molecule has 1 heterocycles. The lowest BCUT2D eigenvalue weighted by Gasteiger charge is -1.79. The summed E-state index contributed by atoms with van der Waals surface area (Å²) in [4.78, 5) is 16.8. The van der Waals surface area contributed by atoms with Gasteiger partial charge in [-0.15, -0.1) is 6.42 Å². The molecule has 9 heavy (non-hydrogen) atoms. The molecule has 1 aromatic rings. The summed E-state index contributed by atoms with van der Waals surface area (Å²) >= 11 is 0. The van der Waals surface area contributed by atoms with Crippen molar-refractivity contribution in [2.45, 2.75) is 0 Å². The van der Waals surface area contributed by atoms with Gasteiger partial charge in [0.15, 0.2) is 5.82 Å². The number of terminal acetylenes is 1. The number of nitrogens with zero attached hydrogens (tertiary/aromatic N) is 1. The molecular weight excluding hydrogens is 116 g/mol. The summed E-state index contributed by atoms with van der Waals surface area (Å²) in [5, 5.41) is 0. The Bertz CT molecular complexity index is 243. The second-order valence-corrected chi connectivity index (χ2v) is 1.41. The van der Waals surface area contributed by atoms with Crippen LogP contribution >= 0.6 is 0 Å². The molecule has 0 aromatic carbocycles. The Morgan fingerprint density at radius 3 is 3.11 bits per heavy atom. The lowest BCUT2D eigenvalue weighted by atomic mass is 10.4. The summed E-state index contributed by atoms with van der Waals surface area (Å²) in [6, 6.07) is 0. The van der Waals surface area contributed by atoms with E-state index in [2.05, 4.69) is 9.97 Å². The maximum atomic E-state index is 10.5. The van der Waals surface area contributed by atoms with Crippen molar-refractivity contribution < 1.29 is 4.79 Å². The highest BCUT2D eigenvalue weighted by Crippen LogP contribution is 1.87. The Hall–Kier alpha value is -1.56. The van der Waals surface area contributed by atoms with Gasteiger partial charge in [0.1, 0.15) is 0 Å². The van der Waals surface area contributed by atoms with Gasteiger partial charge in [-0.2, -0.15) is 0 Å². The van der Waals surface area contributed by atoms with E-state index in [1.54, 1.807) is 6.20 Å². The van der Waals surface area contributed by atoms with Crippen molar-refractivity contribution in [1.29, 1.82) is 0 Å².